The molecule has 28 heteroatoms. The van der Waals surface area contributed by atoms with Crippen LogP contribution < -0.4 is 27.0 Å². The van der Waals surface area contributed by atoms with Gasteiger partial charge in [-0.2, -0.15) is 0 Å². The van der Waals surface area contributed by atoms with Crippen molar-refractivity contribution >= 4 is 70.2 Å². The minimum atomic E-state index is -5.19. The Kier molecular flexibility index (Phi) is 23.6. The molecular formula is C31H56N5O20P3. The summed E-state index contributed by atoms with van der Waals surface area (Å²) in [5, 5.41) is 9.22. The number of nitrogens with two attached hydrogens (primary N) is 1. The lowest BCUT2D eigenvalue weighted by atomic mass is 9.95. The van der Waals surface area contributed by atoms with Crippen molar-refractivity contribution in [1.82, 2.24) is 21.3 Å². The zero-order valence-corrected chi connectivity index (χ0v) is 36.1. The molecule has 0 aliphatic carbocycles. The number of carbonyl (C=O) groups excluding carboxylic acids is 8. The Morgan fingerprint density at radius 1 is 0.475 bits per heavy atom. The molecule has 0 saturated heterocycles. The third-order valence-electron chi connectivity index (χ3n) is 8.31. The van der Waals surface area contributed by atoms with Crippen LogP contribution in [-0.4, -0.2) is 126 Å². The monoisotopic (exact) mass is 911 g/mol. The Balaban J connectivity index is 5.64. The van der Waals surface area contributed by atoms with Crippen molar-refractivity contribution in [1.29, 1.82) is 0 Å². The summed E-state index contributed by atoms with van der Waals surface area (Å²) < 4.78 is 46.7. The van der Waals surface area contributed by atoms with Crippen LogP contribution in [0.4, 0.5) is 0 Å². The van der Waals surface area contributed by atoms with Crippen LogP contribution in [0.2, 0.25) is 0 Å². The van der Waals surface area contributed by atoms with Gasteiger partial charge in [-0.1, -0.05) is 20.8 Å². The molecule has 0 unspecified atom stereocenters. The molecule has 0 aromatic carbocycles. The topological polar surface area (TPSA) is 411 Å². The van der Waals surface area contributed by atoms with Crippen LogP contribution in [0, 0.1) is 23.7 Å². The minimum Gasteiger partial charge on any atom is -0.351 e. The molecule has 0 saturated carbocycles. The third kappa shape index (κ3) is 24.6. The Labute approximate surface area is 339 Å². The molecule has 0 aromatic heterocycles. The molecule has 0 rings (SSSR count). The molecule has 0 aromatic rings. The Morgan fingerprint density at radius 2 is 0.831 bits per heavy atom. The maximum atomic E-state index is 13.1. The number of hydrogen-bond donors (Lipinski definition) is 11. The largest absolute Gasteiger partial charge is 0.469 e. The molecule has 9 atom stereocenters. The summed E-state index contributed by atoms with van der Waals surface area (Å²) in [5.74, 6) is -11.4. The van der Waals surface area contributed by atoms with Crippen molar-refractivity contribution in [2.24, 2.45) is 29.4 Å². The average molecular weight is 912 g/mol. The summed E-state index contributed by atoms with van der Waals surface area (Å²) in [7, 11) is -15.1. The summed E-state index contributed by atoms with van der Waals surface area (Å²) in [6.45, 7) is 6.57. The summed E-state index contributed by atoms with van der Waals surface area (Å²) in [6, 6.07) is -6.14. The highest BCUT2D eigenvalue weighted by Crippen LogP contribution is 2.37. The van der Waals surface area contributed by atoms with Gasteiger partial charge in [0.25, 0.3) is 0 Å². The van der Waals surface area contributed by atoms with Gasteiger partial charge >= 0.3 is 23.5 Å². The van der Waals surface area contributed by atoms with Crippen LogP contribution in [0.1, 0.15) is 74.1 Å². The van der Waals surface area contributed by atoms with Crippen molar-refractivity contribution in [2.75, 3.05) is 19.8 Å². The lowest BCUT2D eigenvalue weighted by Crippen LogP contribution is -2.48. The standard InChI is InChI=1S/C31H56N5O20P3/c1-15(8-24(37)19(5)32)30(43)36-23(14-56-59(51,52)53)27(40)10-17(3)29(42)34-21(7)26(39)11-22(13-55-58(48,49)50)31(44)35-20(6)25(38)9-16(2)28(41)33-18(4)12-54-57(45,46)47/h15-23H,8-14,32H2,1-7H3,(H,33,41)(H,34,42)(H,35,44)(H,36,43)(H2,45,46,47)(H2,48,49,50)(H2,51,52,53)/t15-,16-,17-,18-,19+,20+,21+,22+,23+/m1/s1. The number of phosphoric acid groups is 3. The highest BCUT2D eigenvalue weighted by molar-refractivity contribution is 7.46. The summed E-state index contributed by atoms with van der Waals surface area (Å²) in [4.78, 5) is 157. The van der Waals surface area contributed by atoms with Gasteiger partial charge in [-0.3, -0.25) is 51.9 Å². The number of ketones is 4. The number of Topliss-reactive ketones (excluding diaryl/α,β-unsaturated/α-hetero) is 4. The Morgan fingerprint density at radius 3 is 1.29 bits per heavy atom. The van der Waals surface area contributed by atoms with Gasteiger partial charge in [0.1, 0.15) is 11.8 Å². The number of nitrogens with one attached hydrogen (secondary N) is 4. The van der Waals surface area contributed by atoms with Crippen LogP contribution in [-0.2, 0) is 65.6 Å². The molecular weight excluding hydrogens is 855 g/mol. The van der Waals surface area contributed by atoms with Crippen molar-refractivity contribution in [3.8, 4) is 0 Å². The van der Waals surface area contributed by atoms with Crippen LogP contribution >= 0.6 is 23.5 Å². The molecule has 0 aliphatic rings. The van der Waals surface area contributed by atoms with Gasteiger partial charge < -0.3 is 56.4 Å². The lowest BCUT2D eigenvalue weighted by Gasteiger charge is -2.23. The first-order valence-corrected chi connectivity index (χ1v) is 22.5. The van der Waals surface area contributed by atoms with Crippen molar-refractivity contribution < 1.29 is 95.0 Å². The highest BCUT2D eigenvalue weighted by Gasteiger charge is 2.33. The van der Waals surface area contributed by atoms with E-state index in [4.69, 9.17) is 25.3 Å². The molecule has 0 aliphatic heterocycles. The first-order chi connectivity index (χ1) is 26.7. The van der Waals surface area contributed by atoms with Gasteiger partial charge in [-0.15, -0.1) is 0 Å². The number of amides is 4. The number of carbonyl (C=O) groups is 8. The highest BCUT2D eigenvalue weighted by atomic mass is 31.2. The minimum absolute atomic E-state index is 0.315. The Bertz CT molecular complexity index is 1660. The van der Waals surface area contributed by atoms with Gasteiger partial charge in [0.15, 0.2) is 17.3 Å². The molecule has 340 valence electrons. The SMILES string of the molecule is C[C@H](COP(=O)(O)O)NC(=O)[C@H](C)CC(=O)[C@H](C)NC(=O)[C@H](COP(=O)(O)O)CC(=O)[C@H](C)NC(=O)[C@H](C)CC(=O)[C@H](COP(=O)(O)O)NC(=O)[C@H](C)CC(=O)[C@H](C)N. The molecule has 4 amide bonds. The van der Waals surface area contributed by atoms with E-state index in [0.717, 1.165) is 0 Å². The molecule has 0 spiro atoms. The van der Waals surface area contributed by atoms with Gasteiger partial charge in [0.2, 0.25) is 23.6 Å². The molecule has 12 N–H and O–H groups in total. The zero-order chi connectivity index (χ0) is 46.2. The Hall–Kier alpha value is -3.15. The van der Waals surface area contributed by atoms with E-state index in [1.54, 1.807) is 0 Å². The van der Waals surface area contributed by atoms with E-state index in [1.165, 1.54) is 48.5 Å². The summed E-state index contributed by atoms with van der Waals surface area (Å²) in [6.07, 6.45) is -2.22. The number of hydrogen-bond acceptors (Lipinski definition) is 15. The fourth-order valence-corrected chi connectivity index (χ4v) is 5.84. The van der Waals surface area contributed by atoms with E-state index in [2.05, 4.69) is 34.8 Å². The van der Waals surface area contributed by atoms with Crippen LogP contribution in [0.5, 0.6) is 0 Å². The van der Waals surface area contributed by atoms with Crippen LogP contribution in [0.15, 0.2) is 0 Å². The van der Waals surface area contributed by atoms with Crippen molar-refractivity contribution in [2.45, 2.75) is 104 Å². The second kappa shape index (κ2) is 24.9. The fraction of sp³-hybridized carbons (Fsp3) is 0.742. The maximum absolute atomic E-state index is 13.1. The zero-order valence-electron chi connectivity index (χ0n) is 33.5. The number of phosphoric ester groups is 3. The first-order valence-electron chi connectivity index (χ1n) is 17.9. The normalized spacial score (nSPS) is 16.8. The van der Waals surface area contributed by atoms with Crippen LogP contribution in [0.25, 0.3) is 0 Å². The summed E-state index contributed by atoms with van der Waals surface area (Å²) in [5.41, 5.74) is 5.51. The predicted octanol–water partition coefficient (Wildman–Crippen LogP) is -1.98. The molecule has 59 heavy (non-hydrogen) atoms. The van der Waals surface area contributed by atoms with E-state index in [9.17, 15) is 61.8 Å². The number of rotatable bonds is 29. The second-order valence-electron chi connectivity index (χ2n) is 14.2. The van der Waals surface area contributed by atoms with Crippen molar-refractivity contribution in [3.05, 3.63) is 0 Å². The third-order valence-corrected chi connectivity index (χ3v) is 9.77. The van der Waals surface area contributed by atoms with E-state index >= 15 is 0 Å². The van der Waals surface area contributed by atoms with Gasteiger partial charge in [-0.25, -0.2) is 13.7 Å². The average Bonchev–Trinajstić information content (AvgIpc) is 3.08. The molecule has 0 radical (unpaired) electrons. The molecule has 25 nitrogen and oxygen atoms in total. The van der Waals surface area contributed by atoms with E-state index < -0.39 is 163 Å². The van der Waals surface area contributed by atoms with Gasteiger partial charge in [0, 0.05) is 49.5 Å². The molecule has 0 fully saturated rings. The van der Waals surface area contributed by atoms with Crippen LogP contribution in [0.3, 0.4) is 0 Å². The van der Waals surface area contributed by atoms with E-state index in [0.29, 0.717) is 0 Å². The maximum Gasteiger partial charge on any atom is 0.469 e. The first kappa shape index (κ1) is 55.9. The quantitative estimate of drug-likeness (QED) is 0.0362. The lowest BCUT2D eigenvalue weighted by molar-refractivity contribution is -0.136. The second-order valence-corrected chi connectivity index (χ2v) is 17.9. The predicted molar refractivity (Wildman–Crippen MR) is 202 cm³/mol. The van der Waals surface area contributed by atoms with Gasteiger partial charge in [-0.05, 0) is 27.7 Å². The summed E-state index contributed by atoms with van der Waals surface area (Å²) >= 11 is 0. The van der Waals surface area contributed by atoms with Crippen molar-refractivity contribution in [3.63, 3.8) is 0 Å². The van der Waals surface area contributed by atoms with E-state index in [1.807, 2.05) is 0 Å². The van der Waals surface area contributed by atoms with Gasteiger partial charge in [0.05, 0.1) is 43.9 Å². The fourth-order valence-electron chi connectivity index (χ4n) is 4.71. The molecule has 0 bridgehead atoms. The molecule has 0 heterocycles. The van der Waals surface area contributed by atoms with E-state index in [-0.39, 0.29) is 6.42 Å². The smallest absolute Gasteiger partial charge is 0.351 e.